The van der Waals surface area contributed by atoms with Gasteiger partial charge in [-0.3, -0.25) is 0 Å². The number of ether oxygens (including phenoxy) is 1. The molecule has 0 radical (unpaired) electrons. The van der Waals surface area contributed by atoms with Crippen molar-refractivity contribution < 1.29 is 13.7 Å². The first-order chi connectivity index (χ1) is 11.8. The minimum Gasteiger partial charge on any atom is -0.618 e. The standard InChI is InChI=1S/C19H22N2O3S/c1-19(2,3)25(23)20-18(24-4)17(15-11-7-5-8-12-15)21(22)16-13-9-6-10-14-16/h5-14H,1-4H3/b20-18+,21-17-/t25-/m1/s1. The Morgan fingerprint density at radius 1 is 1.04 bits per heavy atom. The van der Waals surface area contributed by atoms with E-state index in [0.29, 0.717) is 11.3 Å². The van der Waals surface area contributed by atoms with Gasteiger partial charge in [0.15, 0.2) is 0 Å². The highest BCUT2D eigenvalue weighted by Crippen LogP contribution is 2.17. The average molecular weight is 358 g/mol. The Morgan fingerprint density at radius 3 is 2.04 bits per heavy atom. The van der Waals surface area contributed by atoms with E-state index in [0.717, 1.165) is 4.74 Å². The van der Waals surface area contributed by atoms with Gasteiger partial charge in [0, 0.05) is 12.1 Å². The number of methoxy groups -OCH3 is 1. The molecular weight excluding hydrogens is 336 g/mol. The lowest BCUT2D eigenvalue weighted by Gasteiger charge is -2.16. The summed E-state index contributed by atoms with van der Waals surface area (Å²) in [6, 6.07) is 17.9. The summed E-state index contributed by atoms with van der Waals surface area (Å²) in [7, 11) is -0.141. The third-order valence-corrected chi connectivity index (χ3v) is 4.71. The number of hydrogen-bond acceptors (Lipinski definition) is 3. The maximum atomic E-state index is 13.0. The Bertz CT molecular complexity index is 794. The molecule has 0 aliphatic rings. The summed E-state index contributed by atoms with van der Waals surface area (Å²) in [4.78, 5) is 0. The van der Waals surface area contributed by atoms with Crippen molar-refractivity contribution in [3.63, 3.8) is 0 Å². The lowest BCUT2D eigenvalue weighted by molar-refractivity contribution is -0.358. The second-order valence-corrected chi connectivity index (χ2v) is 8.21. The fourth-order valence-corrected chi connectivity index (χ4v) is 2.59. The van der Waals surface area contributed by atoms with Gasteiger partial charge in [-0.05, 0) is 32.9 Å². The Hall–Kier alpha value is -2.47. The maximum absolute atomic E-state index is 13.0. The van der Waals surface area contributed by atoms with Crippen LogP contribution in [0.4, 0.5) is 5.69 Å². The fraction of sp³-hybridized carbons (Fsp3) is 0.263. The van der Waals surface area contributed by atoms with E-state index in [2.05, 4.69) is 4.40 Å². The summed E-state index contributed by atoms with van der Waals surface area (Å²) < 4.78 is 22.2. The molecule has 0 bridgehead atoms. The van der Waals surface area contributed by atoms with Crippen molar-refractivity contribution in [2.45, 2.75) is 25.5 Å². The summed E-state index contributed by atoms with van der Waals surface area (Å²) in [6.07, 6.45) is 0. The number of nitrogens with zero attached hydrogens (tertiary/aromatic N) is 2. The molecule has 0 spiro atoms. The van der Waals surface area contributed by atoms with E-state index in [1.165, 1.54) is 7.11 Å². The summed E-state index contributed by atoms with van der Waals surface area (Å²) in [5.41, 5.74) is 1.28. The molecule has 0 fully saturated rings. The van der Waals surface area contributed by atoms with Crippen LogP contribution < -0.4 is 0 Å². The normalized spacial score (nSPS) is 14.6. The van der Waals surface area contributed by atoms with Gasteiger partial charge in [0.05, 0.1) is 17.4 Å². The van der Waals surface area contributed by atoms with Crippen LogP contribution in [0.25, 0.3) is 0 Å². The third kappa shape index (κ3) is 4.76. The van der Waals surface area contributed by atoms with Gasteiger partial charge >= 0.3 is 0 Å². The van der Waals surface area contributed by atoms with E-state index in [1.54, 1.807) is 36.4 Å². The van der Waals surface area contributed by atoms with E-state index in [-0.39, 0.29) is 11.6 Å². The van der Waals surface area contributed by atoms with Crippen molar-refractivity contribution in [2.75, 3.05) is 7.11 Å². The van der Waals surface area contributed by atoms with Crippen LogP contribution in [0.1, 0.15) is 26.3 Å². The molecule has 0 aliphatic heterocycles. The zero-order valence-corrected chi connectivity index (χ0v) is 15.6. The Kier molecular flexibility index (Phi) is 6.09. The number of rotatable bonds is 4. The number of hydrogen-bond donors (Lipinski definition) is 0. The largest absolute Gasteiger partial charge is 0.618 e. The summed E-state index contributed by atoms with van der Waals surface area (Å²) in [5, 5.41) is 13.0. The van der Waals surface area contributed by atoms with E-state index in [4.69, 9.17) is 4.74 Å². The second kappa shape index (κ2) is 8.07. The molecule has 0 N–H and O–H groups in total. The van der Waals surface area contributed by atoms with E-state index >= 15 is 0 Å². The molecule has 6 heteroatoms. The molecular formula is C19H22N2O3S. The monoisotopic (exact) mass is 358 g/mol. The Morgan fingerprint density at radius 2 is 1.56 bits per heavy atom. The number of para-hydroxylation sites is 1. The maximum Gasteiger partial charge on any atom is 0.298 e. The zero-order chi connectivity index (χ0) is 18.4. The topological polar surface area (TPSA) is 64.7 Å². The minimum atomic E-state index is -1.56. The van der Waals surface area contributed by atoms with Crippen molar-refractivity contribution in [2.24, 2.45) is 4.40 Å². The minimum absolute atomic E-state index is 0.0401. The first-order valence-electron chi connectivity index (χ1n) is 7.84. The first-order valence-corrected chi connectivity index (χ1v) is 8.95. The average Bonchev–Trinajstić information content (AvgIpc) is 2.61. The summed E-state index contributed by atoms with van der Waals surface area (Å²) in [6.45, 7) is 5.44. The fourth-order valence-electron chi connectivity index (χ4n) is 2.01. The summed E-state index contributed by atoms with van der Waals surface area (Å²) in [5.74, 6) is 0.0401. The van der Waals surface area contributed by atoms with Crippen LogP contribution in [0.5, 0.6) is 0 Å². The molecule has 132 valence electrons. The van der Waals surface area contributed by atoms with Crippen LogP contribution in [0, 0.1) is 5.21 Å². The SMILES string of the molecule is COC(=N/[S@](=O)C(C)(C)C)/C(c1ccccc1)=[N+](\[O-])c1ccccc1. The Labute approximate surface area is 150 Å². The van der Waals surface area contributed by atoms with Crippen LogP contribution in [-0.2, 0) is 15.7 Å². The molecule has 0 saturated heterocycles. The highest BCUT2D eigenvalue weighted by atomic mass is 32.2. The van der Waals surface area contributed by atoms with Gasteiger partial charge in [0.2, 0.25) is 5.69 Å². The first kappa shape index (κ1) is 18.9. The van der Waals surface area contributed by atoms with Gasteiger partial charge in [-0.2, -0.15) is 4.74 Å². The van der Waals surface area contributed by atoms with E-state index < -0.39 is 15.7 Å². The molecule has 2 rings (SSSR count). The lowest BCUT2D eigenvalue weighted by atomic mass is 10.1. The van der Waals surface area contributed by atoms with Crippen molar-refractivity contribution >= 4 is 28.3 Å². The highest BCUT2D eigenvalue weighted by Gasteiger charge is 2.27. The predicted molar refractivity (Wildman–Crippen MR) is 103 cm³/mol. The number of benzene rings is 2. The molecule has 2 aromatic rings. The van der Waals surface area contributed by atoms with Gasteiger partial charge in [0.25, 0.3) is 11.6 Å². The van der Waals surface area contributed by atoms with Crippen LogP contribution in [-0.4, -0.2) is 32.4 Å². The molecule has 5 nitrogen and oxygen atoms in total. The van der Waals surface area contributed by atoms with Crippen LogP contribution in [0.3, 0.4) is 0 Å². The zero-order valence-electron chi connectivity index (χ0n) is 14.8. The molecule has 0 saturated carbocycles. The van der Waals surface area contributed by atoms with Gasteiger partial charge in [-0.25, -0.2) is 4.21 Å². The molecule has 0 amide bonds. The molecule has 1 atom stereocenters. The van der Waals surface area contributed by atoms with E-state index in [9.17, 15) is 9.42 Å². The molecule has 25 heavy (non-hydrogen) atoms. The molecule has 0 heterocycles. The van der Waals surface area contributed by atoms with Crippen molar-refractivity contribution in [3.8, 4) is 0 Å². The van der Waals surface area contributed by atoms with Crippen molar-refractivity contribution in [3.05, 3.63) is 71.4 Å². The lowest BCUT2D eigenvalue weighted by Crippen LogP contribution is -2.28. The molecule has 2 aromatic carbocycles. The van der Waals surface area contributed by atoms with Crippen LogP contribution in [0.2, 0.25) is 0 Å². The molecule has 0 unspecified atom stereocenters. The van der Waals surface area contributed by atoms with Gasteiger partial charge in [-0.15, -0.1) is 4.40 Å². The van der Waals surface area contributed by atoms with Crippen molar-refractivity contribution in [1.82, 2.24) is 0 Å². The van der Waals surface area contributed by atoms with Crippen LogP contribution >= 0.6 is 0 Å². The Balaban J connectivity index is 2.67. The van der Waals surface area contributed by atoms with Gasteiger partial charge in [-0.1, -0.05) is 36.4 Å². The van der Waals surface area contributed by atoms with Gasteiger partial charge in [0.1, 0.15) is 11.0 Å². The smallest absolute Gasteiger partial charge is 0.298 e. The summed E-state index contributed by atoms with van der Waals surface area (Å²) >= 11 is 0. The quantitative estimate of drug-likeness (QED) is 0.274. The molecule has 0 aliphatic carbocycles. The second-order valence-electron chi connectivity index (χ2n) is 6.31. The van der Waals surface area contributed by atoms with Crippen LogP contribution in [0.15, 0.2) is 65.1 Å². The molecule has 0 aromatic heterocycles. The highest BCUT2D eigenvalue weighted by molar-refractivity contribution is 7.85. The van der Waals surface area contributed by atoms with Crippen molar-refractivity contribution in [1.29, 1.82) is 0 Å². The predicted octanol–water partition coefficient (Wildman–Crippen LogP) is 3.82. The van der Waals surface area contributed by atoms with E-state index in [1.807, 2.05) is 45.0 Å². The van der Waals surface area contributed by atoms with Gasteiger partial charge < -0.3 is 9.94 Å². The third-order valence-electron chi connectivity index (χ3n) is 3.33.